The van der Waals surface area contributed by atoms with Gasteiger partial charge in [0.05, 0.1) is 0 Å². The number of rotatable bonds is 4. The summed E-state index contributed by atoms with van der Waals surface area (Å²) >= 11 is -0.804. The van der Waals surface area contributed by atoms with E-state index in [-0.39, 0.29) is 15.2 Å². The van der Waals surface area contributed by atoms with Gasteiger partial charge in [0.25, 0.3) is 0 Å². The van der Waals surface area contributed by atoms with Gasteiger partial charge in [0.1, 0.15) is 0 Å². The number of nitrogens with zero attached hydrogens (tertiary/aromatic N) is 2. The van der Waals surface area contributed by atoms with Gasteiger partial charge in [-0.3, -0.25) is 0 Å². The van der Waals surface area contributed by atoms with Crippen LogP contribution in [0.15, 0.2) is 18.7 Å². The Labute approximate surface area is 103 Å². The molecule has 0 aliphatic carbocycles. The van der Waals surface area contributed by atoms with Crippen molar-refractivity contribution in [1.82, 2.24) is 9.55 Å². The van der Waals surface area contributed by atoms with Crippen LogP contribution in [0.5, 0.6) is 0 Å². The van der Waals surface area contributed by atoms with Gasteiger partial charge < -0.3 is 0 Å². The van der Waals surface area contributed by atoms with E-state index in [9.17, 15) is 4.79 Å². The second-order valence-corrected chi connectivity index (χ2v) is 7.44. The molecule has 0 radical (unpaired) electrons. The Morgan fingerprint density at radius 2 is 2.25 bits per heavy atom. The number of carbonyl (C=O) groups excluding carboxylic acids is 1. The predicted molar refractivity (Wildman–Crippen MR) is 64.9 cm³/mol. The number of carbonyl (C=O) groups is 1. The van der Waals surface area contributed by atoms with Crippen molar-refractivity contribution in [3.8, 4) is 0 Å². The van der Waals surface area contributed by atoms with Crippen molar-refractivity contribution in [3.63, 3.8) is 0 Å². The summed E-state index contributed by atoms with van der Waals surface area (Å²) in [6, 6.07) is 0. The van der Waals surface area contributed by atoms with Gasteiger partial charge in [-0.25, -0.2) is 0 Å². The number of hydrogen-bond donors (Lipinski definition) is 0. The van der Waals surface area contributed by atoms with Gasteiger partial charge in [-0.15, -0.1) is 0 Å². The summed E-state index contributed by atoms with van der Waals surface area (Å²) < 4.78 is 7.32. The maximum atomic E-state index is 11.7. The molecule has 90 valence electrons. The van der Waals surface area contributed by atoms with E-state index < -0.39 is 15.8 Å². The fourth-order valence-electron chi connectivity index (χ4n) is 1.28. The molecular formula is C11H19AsN2O2. The molecule has 0 saturated heterocycles. The molecule has 0 N–H and O–H groups in total. The zero-order valence-electron chi connectivity index (χ0n) is 10.2. The molecule has 1 aromatic rings. The Balaban J connectivity index is 2.55. The Kier molecular flexibility index (Phi) is 4.60. The molecule has 4 nitrogen and oxygen atoms in total. The molecule has 0 saturated carbocycles. The molecular weight excluding hydrogens is 267 g/mol. The monoisotopic (exact) mass is 286 g/mol. The fourth-order valence-corrected chi connectivity index (χ4v) is 3.68. The van der Waals surface area contributed by atoms with Gasteiger partial charge in [-0.2, -0.15) is 0 Å². The third-order valence-electron chi connectivity index (χ3n) is 1.95. The van der Waals surface area contributed by atoms with Crippen LogP contribution < -0.4 is 0 Å². The number of hydrogen-bond acceptors (Lipinski definition) is 3. The maximum absolute atomic E-state index is 11.7. The van der Waals surface area contributed by atoms with Gasteiger partial charge in [-0.1, -0.05) is 0 Å². The minimum absolute atomic E-state index is 0.0342. The number of aromatic nitrogens is 2. The molecule has 0 bridgehead atoms. The molecule has 0 aliphatic heterocycles. The summed E-state index contributed by atoms with van der Waals surface area (Å²) in [4.78, 5) is 16.0. The Bertz CT molecular complexity index is 330. The number of imidazole rings is 1. The van der Waals surface area contributed by atoms with E-state index >= 15 is 0 Å². The molecule has 0 fully saturated rings. The summed E-state index contributed by atoms with van der Waals surface area (Å²) in [6.45, 7) is 7.78. The van der Waals surface area contributed by atoms with E-state index in [0.29, 0.717) is 0 Å². The molecule has 1 aromatic heterocycles. The van der Waals surface area contributed by atoms with Gasteiger partial charge in [0.2, 0.25) is 0 Å². The van der Waals surface area contributed by atoms with Crippen LogP contribution >= 0.6 is 0 Å². The molecule has 1 rings (SSSR count). The van der Waals surface area contributed by atoms with Gasteiger partial charge >= 0.3 is 103 Å². The first-order chi connectivity index (χ1) is 7.42. The van der Waals surface area contributed by atoms with Gasteiger partial charge in [0.15, 0.2) is 0 Å². The SMILES string of the molecule is CCC([AsH]C(=O)OC(C)(C)C)n1ccnc1. The first-order valence-corrected chi connectivity index (χ1v) is 7.65. The third kappa shape index (κ3) is 4.40. The second-order valence-electron chi connectivity index (χ2n) is 4.58. The molecule has 5 heteroatoms. The van der Waals surface area contributed by atoms with E-state index in [4.69, 9.17) is 4.74 Å². The van der Waals surface area contributed by atoms with Crippen molar-refractivity contribution < 1.29 is 9.53 Å². The third-order valence-corrected chi connectivity index (χ3v) is 4.84. The Morgan fingerprint density at radius 3 is 2.69 bits per heavy atom. The summed E-state index contributed by atoms with van der Waals surface area (Å²) in [5.41, 5.74) is -0.381. The fraction of sp³-hybridized carbons (Fsp3) is 0.636. The average Bonchev–Trinajstić information content (AvgIpc) is 2.63. The van der Waals surface area contributed by atoms with Gasteiger partial charge in [0, 0.05) is 0 Å². The molecule has 16 heavy (non-hydrogen) atoms. The van der Waals surface area contributed by atoms with Crippen LogP contribution in [0.25, 0.3) is 0 Å². The quantitative estimate of drug-likeness (QED) is 0.797. The van der Waals surface area contributed by atoms with Crippen LogP contribution in [-0.4, -0.2) is 35.7 Å². The zero-order valence-corrected chi connectivity index (χ0v) is 12.3. The Morgan fingerprint density at radius 1 is 1.56 bits per heavy atom. The van der Waals surface area contributed by atoms with E-state index in [2.05, 4.69) is 11.9 Å². The number of ether oxygens (including phenoxy) is 1. The first-order valence-electron chi connectivity index (χ1n) is 5.39. The van der Waals surface area contributed by atoms with E-state index in [0.717, 1.165) is 6.42 Å². The van der Waals surface area contributed by atoms with Crippen LogP contribution in [0, 0.1) is 0 Å². The summed E-state index contributed by atoms with van der Waals surface area (Å²) in [5.74, 6) is 0. The molecule has 1 heterocycles. The normalized spacial score (nSPS) is 14.2. The second kappa shape index (κ2) is 5.53. The zero-order chi connectivity index (χ0) is 12.2. The van der Waals surface area contributed by atoms with Crippen LogP contribution in [0.2, 0.25) is 0 Å². The molecule has 0 amide bonds. The average molecular weight is 286 g/mol. The van der Waals surface area contributed by atoms with E-state index in [1.807, 2.05) is 31.5 Å². The Hall–Kier alpha value is -0.762. The molecule has 2 unspecified atom stereocenters. The van der Waals surface area contributed by atoms with Crippen molar-refractivity contribution >= 4 is 20.5 Å². The molecule has 0 aromatic carbocycles. The summed E-state index contributed by atoms with van der Waals surface area (Å²) in [6.07, 6.45) is 6.35. The standard InChI is InChI=1S/C11H19AsN2O2/c1-5-9(14-7-6-13-8-14)12-10(15)16-11(2,3)4/h6-9,12H,5H2,1-4H3. The summed E-state index contributed by atoms with van der Waals surface area (Å²) in [5, 5.41) is 0. The van der Waals surface area contributed by atoms with Crippen LogP contribution in [0.3, 0.4) is 0 Å². The van der Waals surface area contributed by atoms with E-state index in [1.165, 1.54) is 0 Å². The van der Waals surface area contributed by atoms with Crippen LogP contribution in [-0.2, 0) is 4.74 Å². The van der Waals surface area contributed by atoms with Crippen molar-refractivity contribution in [3.05, 3.63) is 18.7 Å². The van der Waals surface area contributed by atoms with Crippen LogP contribution in [0.1, 0.15) is 38.9 Å². The topological polar surface area (TPSA) is 44.1 Å². The predicted octanol–water partition coefficient (Wildman–Crippen LogP) is 2.16. The molecule has 2 atom stereocenters. The van der Waals surface area contributed by atoms with Crippen molar-refractivity contribution in [2.24, 2.45) is 0 Å². The van der Waals surface area contributed by atoms with Crippen molar-refractivity contribution in [2.75, 3.05) is 0 Å². The van der Waals surface area contributed by atoms with E-state index in [1.54, 1.807) is 12.5 Å². The van der Waals surface area contributed by atoms with Crippen molar-refractivity contribution in [2.45, 2.75) is 44.5 Å². The molecule has 0 aliphatic rings. The van der Waals surface area contributed by atoms with Crippen molar-refractivity contribution in [1.29, 1.82) is 0 Å². The first kappa shape index (κ1) is 13.3. The molecule has 0 spiro atoms. The minimum atomic E-state index is -0.804. The van der Waals surface area contributed by atoms with Crippen LogP contribution in [0.4, 0.5) is 4.79 Å². The summed E-state index contributed by atoms with van der Waals surface area (Å²) in [7, 11) is 0. The van der Waals surface area contributed by atoms with Gasteiger partial charge in [-0.05, 0) is 0 Å².